The number of rotatable bonds is 4. The van der Waals surface area contributed by atoms with Crippen LogP contribution < -0.4 is 4.72 Å². The van der Waals surface area contributed by atoms with Gasteiger partial charge in [-0.05, 0) is 24.3 Å². The number of hydrogen-bond acceptors (Lipinski definition) is 3. The molecule has 28 heavy (non-hydrogen) atoms. The van der Waals surface area contributed by atoms with Gasteiger partial charge in [-0.25, -0.2) is 21.6 Å². The number of anilines is 1. The van der Waals surface area contributed by atoms with Crippen LogP contribution in [0.1, 0.15) is 5.56 Å². The minimum absolute atomic E-state index is 0.0133. The topological polar surface area (TPSA) is 74.8 Å². The summed E-state index contributed by atoms with van der Waals surface area (Å²) in [6.07, 6.45) is -1.79. The van der Waals surface area contributed by atoms with Crippen LogP contribution in [0.15, 0.2) is 47.8 Å². The molecular formula is C16H9F6N3O2S. The Morgan fingerprint density at radius 2 is 1.64 bits per heavy atom. The third-order valence-electron chi connectivity index (χ3n) is 3.63. The Morgan fingerprint density at radius 3 is 2.21 bits per heavy atom. The Labute approximate surface area is 154 Å². The molecule has 0 aliphatic heterocycles. The second kappa shape index (κ2) is 6.86. The van der Waals surface area contributed by atoms with Crippen molar-refractivity contribution in [3.63, 3.8) is 0 Å². The summed E-state index contributed by atoms with van der Waals surface area (Å²) in [6, 6.07) is 1.95. The number of alkyl halides is 3. The molecule has 0 unspecified atom stereocenters. The lowest BCUT2D eigenvalue weighted by molar-refractivity contribution is -0.137. The molecule has 2 aromatic heterocycles. The largest absolute Gasteiger partial charge is 0.416 e. The van der Waals surface area contributed by atoms with Crippen molar-refractivity contribution < 1.29 is 34.8 Å². The summed E-state index contributed by atoms with van der Waals surface area (Å²) in [5.74, 6) is -4.19. The Morgan fingerprint density at radius 1 is 1.00 bits per heavy atom. The fourth-order valence-corrected chi connectivity index (χ4v) is 3.36. The van der Waals surface area contributed by atoms with E-state index in [0.29, 0.717) is 0 Å². The highest BCUT2D eigenvalue weighted by Crippen LogP contribution is 2.34. The average Bonchev–Trinajstić information content (AvgIpc) is 3.08. The number of sulfonamides is 1. The van der Waals surface area contributed by atoms with E-state index in [0.717, 1.165) is 24.5 Å². The number of pyridine rings is 1. The van der Waals surface area contributed by atoms with Crippen molar-refractivity contribution in [2.24, 2.45) is 0 Å². The number of H-pyrrole nitrogens is 1. The van der Waals surface area contributed by atoms with Crippen LogP contribution in [0.25, 0.3) is 11.3 Å². The second-order valence-electron chi connectivity index (χ2n) is 5.52. The molecule has 0 spiro atoms. The van der Waals surface area contributed by atoms with Gasteiger partial charge in [0.2, 0.25) is 0 Å². The zero-order chi connectivity index (χ0) is 20.7. The van der Waals surface area contributed by atoms with Crippen molar-refractivity contribution in [3.8, 4) is 11.3 Å². The van der Waals surface area contributed by atoms with E-state index in [1.54, 1.807) is 4.72 Å². The number of nitrogens with zero attached hydrogens (tertiary/aromatic N) is 1. The molecule has 148 valence electrons. The fraction of sp³-hybridized carbons (Fsp3) is 0.0625. The third-order valence-corrected chi connectivity index (χ3v) is 4.96. The van der Waals surface area contributed by atoms with Gasteiger partial charge in [0.05, 0.1) is 16.8 Å². The molecule has 0 amide bonds. The first-order valence-electron chi connectivity index (χ1n) is 7.36. The predicted molar refractivity (Wildman–Crippen MR) is 86.2 cm³/mol. The molecular weight excluding hydrogens is 412 g/mol. The monoisotopic (exact) mass is 421 g/mol. The van der Waals surface area contributed by atoms with Crippen LogP contribution in [0.2, 0.25) is 0 Å². The lowest BCUT2D eigenvalue weighted by atomic mass is 10.2. The van der Waals surface area contributed by atoms with Gasteiger partial charge in [0.15, 0.2) is 11.6 Å². The molecule has 0 fully saturated rings. The number of aromatic nitrogens is 2. The maximum absolute atomic E-state index is 13.9. The summed E-state index contributed by atoms with van der Waals surface area (Å²) in [7, 11) is -4.59. The highest BCUT2D eigenvalue weighted by Gasteiger charge is 2.33. The Bertz CT molecular complexity index is 1120. The number of aromatic amines is 1. The quantitative estimate of drug-likeness (QED) is 0.617. The third kappa shape index (κ3) is 3.81. The van der Waals surface area contributed by atoms with Crippen LogP contribution in [0.5, 0.6) is 0 Å². The smallest absolute Gasteiger partial charge is 0.360 e. The summed E-state index contributed by atoms with van der Waals surface area (Å²) < 4.78 is 105. The Hall–Kier alpha value is -3.02. The van der Waals surface area contributed by atoms with E-state index in [-0.39, 0.29) is 23.4 Å². The van der Waals surface area contributed by atoms with E-state index in [1.165, 1.54) is 6.20 Å². The Kier molecular flexibility index (Phi) is 4.83. The molecule has 0 atom stereocenters. The standard InChI is InChI=1S/C16H9F6N3O2S/c17-11-1-2-23-7-10(11)14-5-9(6-24-14)28(26,27)25-15-12(18)3-8(4-13(15)19)16(20,21)22/h1-7,24-25H. The minimum atomic E-state index is -5.01. The van der Waals surface area contributed by atoms with E-state index in [9.17, 15) is 34.8 Å². The van der Waals surface area contributed by atoms with Crippen LogP contribution in [0.4, 0.5) is 32.0 Å². The zero-order valence-corrected chi connectivity index (χ0v) is 14.3. The van der Waals surface area contributed by atoms with Gasteiger partial charge in [-0.2, -0.15) is 13.2 Å². The zero-order valence-electron chi connectivity index (χ0n) is 13.5. The molecule has 0 aliphatic rings. The van der Waals surface area contributed by atoms with Gasteiger partial charge < -0.3 is 4.98 Å². The van der Waals surface area contributed by atoms with Crippen molar-refractivity contribution in [1.29, 1.82) is 0 Å². The number of halogens is 6. The van der Waals surface area contributed by atoms with Crippen LogP contribution in [0.3, 0.4) is 0 Å². The van der Waals surface area contributed by atoms with E-state index in [2.05, 4.69) is 9.97 Å². The highest BCUT2D eigenvalue weighted by atomic mass is 32.2. The molecule has 2 heterocycles. The summed E-state index contributed by atoms with van der Waals surface area (Å²) >= 11 is 0. The molecule has 0 radical (unpaired) electrons. The lowest BCUT2D eigenvalue weighted by Gasteiger charge is -2.12. The molecule has 0 aliphatic carbocycles. The molecule has 3 rings (SSSR count). The molecule has 3 aromatic rings. The molecule has 5 nitrogen and oxygen atoms in total. The second-order valence-corrected chi connectivity index (χ2v) is 7.21. The van der Waals surface area contributed by atoms with Crippen LogP contribution >= 0.6 is 0 Å². The normalized spacial score (nSPS) is 12.2. The van der Waals surface area contributed by atoms with Crippen LogP contribution in [-0.4, -0.2) is 18.4 Å². The molecule has 12 heteroatoms. The van der Waals surface area contributed by atoms with E-state index in [1.807, 2.05) is 0 Å². The Balaban J connectivity index is 1.95. The summed E-state index contributed by atoms with van der Waals surface area (Å²) in [4.78, 5) is 5.65. The van der Waals surface area contributed by atoms with E-state index >= 15 is 0 Å². The molecule has 0 saturated carbocycles. The number of benzene rings is 1. The maximum Gasteiger partial charge on any atom is 0.416 e. The van der Waals surface area contributed by atoms with Gasteiger partial charge in [-0.1, -0.05) is 0 Å². The summed E-state index contributed by atoms with van der Waals surface area (Å²) in [5.41, 5.74) is -2.93. The van der Waals surface area contributed by atoms with Crippen molar-refractivity contribution in [1.82, 2.24) is 9.97 Å². The minimum Gasteiger partial charge on any atom is -0.360 e. The summed E-state index contributed by atoms with van der Waals surface area (Å²) in [5, 5.41) is 0. The first kappa shape index (κ1) is 19.7. The SMILES string of the molecule is O=S(=O)(Nc1c(F)cc(C(F)(F)F)cc1F)c1c[nH]c(-c2cnccc2F)c1. The van der Waals surface area contributed by atoms with Gasteiger partial charge in [-0.15, -0.1) is 0 Å². The van der Waals surface area contributed by atoms with E-state index < -0.39 is 49.8 Å². The fourth-order valence-electron chi connectivity index (χ4n) is 2.29. The first-order chi connectivity index (χ1) is 13.0. The van der Waals surface area contributed by atoms with Crippen molar-refractivity contribution in [2.75, 3.05) is 4.72 Å². The van der Waals surface area contributed by atoms with Gasteiger partial charge >= 0.3 is 6.18 Å². The van der Waals surface area contributed by atoms with Gasteiger partial charge in [0.1, 0.15) is 16.4 Å². The van der Waals surface area contributed by atoms with Crippen molar-refractivity contribution in [2.45, 2.75) is 11.1 Å². The van der Waals surface area contributed by atoms with Gasteiger partial charge in [-0.3, -0.25) is 9.71 Å². The average molecular weight is 421 g/mol. The first-order valence-corrected chi connectivity index (χ1v) is 8.85. The van der Waals surface area contributed by atoms with Crippen molar-refractivity contribution >= 4 is 15.7 Å². The van der Waals surface area contributed by atoms with Crippen LogP contribution in [0, 0.1) is 17.5 Å². The molecule has 0 bridgehead atoms. The van der Waals surface area contributed by atoms with E-state index in [4.69, 9.17) is 0 Å². The number of hydrogen-bond donors (Lipinski definition) is 2. The van der Waals surface area contributed by atoms with Gasteiger partial charge in [0, 0.05) is 18.6 Å². The summed E-state index contributed by atoms with van der Waals surface area (Å²) in [6.45, 7) is 0. The van der Waals surface area contributed by atoms with Gasteiger partial charge in [0.25, 0.3) is 10.0 Å². The molecule has 2 N–H and O–H groups in total. The maximum atomic E-state index is 13.9. The lowest BCUT2D eigenvalue weighted by Crippen LogP contribution is -2.16. The molecule has 1 aromatic carbocycles. The highest BCUT2D eigenvalue weighted by molar-refractivity contribution is 7.92. The number of nitrogens with one attached hydrogen (secondary N) is 2. The molecule has 0 saturated heterocycles. The predicted octanol–water partition coefficient (Wildman–Crippen LogP) is 4.31. The van der Waals surface area contributed by atoms with Crippen molar-refractivity contribution in [3.05, 3.63) is 65.9 Å². The van der Waals surface area contributed by atoms with Crippen LogP contribution in [-0.2, 0) is 16.2 Å².